The number of nitrogens with zero attached hydrogens (tertiary/aromatic N) is 1. The third-order valence-electron chi connectivity index (χ3n) is 3.45. The predicted octanol–water partition coefficient (Wildman–Crippen LogP) is 1.48. The number of likely N-dealkylation sites (tertiary alicyclic amines) is 1. The van der Waals surface area contributed by atoms with E-state index in [1.54, 1.807) is 11.8 Å². The minimum atomic E-state index is -0.619. The molecule has 2 amide bonds. The lowest BCUT2D eigenvalue weighted by Crippen LogP contribution is -2.51. The first-order valence-corrected chi connectivity index (χ1v) is 8.00. The molecule has 0 spiro atoms. The monoisotopic (exact) mass is 311 g/mol. The van der Waals surface area contributed by atoms with Crippen molar-refractivity contribution in [1.29, 1.82) is 0 Å². The van der Waals surface area contributed by atoms with E-state index in [1.165, 1.54) is 11.3 Å². The van der Waals surface area contributed by atoms with Gasteiger partial charge in [-0.25, -0.2) is 4.79 Å². The van der Waals surface area contributed by atoms with Crippen LogP contribution in [0.2, 0.25) is 0 Å². The minimum absolute atomic E-state index is 0.0720. The van der Waals surface area contributed by atoms with Crippen LogP contribution in [0.5, 0.6) is 0 Å². The number of thiophene rings is 1. The molecule has 3 N–H and O–H groups in total. The summed E-state index contributed by atoms with van der Waals surface area (Å²) in [6, 6.07) is 3.06. The highest BCUT2D eigenvalue weighted by atomic mass is 32.1. The molecule has 1 aromatic heterocycles. The number of rotatable bonds is 4. The molecule has 2 heterocycles. The number of nitrogens with one attached hydrogen (secondary N) is 1. The highest BCUT2D eigenvalue weighted by Crippen LogP contribution is 2.21. The van der Waals surface area contributed by atoms with Gasteiger partial charge in [-0.1, -0.05) is 6.07 Å². The van der Waals surface area contributed by atoms with E-state index < -0.39 is 12.1 Å². The first-order valence-electron chi connectivity index (χ1n) is 7.13. The molecule has 0 radical (unpaired) electrons. The Balaban J connectivity index is 1.91. The molecule has 1 aliphatic rings. The molecule has 7 heteroatoms. The number of alkyl carbamates (subject to hydrolysis) is 1. The molecule has 2 rings (SSSR count). The van der Waals surface area contributed by atoms with E-state index in [4.69, 9.17) is 10.5 Å². The first-order chi connectivity index (χ1) is 10.1. The van der Waals surface area contributed by atoms with Gasteiger partial charge in [0, 0.05) is 24.0 Å². The summed E-state index contributed by atoms with van der Waals surface area (Å²) in [5, 5.41) is 4.69. The van der Waals surface area contributed by atoms with Crippen LogP contribution in [0.15, 0.2) is 17.5 Å². The summed E-state index contributed by atoms with van der Waals surface area (Å²) in [7, 11) is 0. The van der Waals surface area contributed by atoms with Gasteiger partial charge in [-0.2, -0.15) is 0 Å². The largest absolute Gasteiger partial charge is 0.450 e. The van der Waals surface area contributed by atoms with Crippen LogP contribution in [-0.4, -0.2) is 42.6 Å². The molecule has 1 aromatic rings. The zero-order valence-corrected chi connectivity index (χ0v) is 12.9. The van der Waals surface area contributed by atoms with E-state index in [-0.39, 0.29) is 11.9 Å². The Labute approximate surface area is 128 Å². The molecular formula is C14H21N3O3S. The number of carbonyl (C=O) groups excluding carboxylic acids is 2. The van der Waals surface area contributed by atoms with Gasteiger partial charge in [-0.15, -0.1) is 11.3 Å². The summed E-state index contributed by atoms with van der Waals surface area (Å²) >= 11 is 1.48. The number of hydrogen-bond donors (Lipinski definition) is 2. The molecule has 0 aromatic carbocycles. The van der Waals surface area contributed by atoms with E-state index in [1.807, 2.05) is 17.5 Å². The van der Waals surface area contributed by atoms with Crippen LogP contribution in [0.4, 0.5) is 4.79 Å². The highest BCUT2D eigenvalue weighted by Gasteiger charge is 2.29. The second-order valence-corrected chi connectivity index (χ2v) is 5.96. The summed E-state index contributed by atoms with van der Waals surface area (Å²) in [6.45, 7) is 3.26. The van der Waals surface area contributed by atoms with Crippen molar-refractivity contribution in [1.82, 2.24) is 10.2 Å². The van der Waals surface area contributed by atoms with Crippen LogP contribution in [0.25, 0.3) is 0 Å². The molecule has 0 saturated carbocycles. The normalized spacial score (nSPS) is 19.9. The van der Waals surface area contributed by atoms with Crippen molar-refractivity contribution < 1.29 is 14.3 Å². The maximum Gasteiger partial charge on any atom is 0.407 e. The van der Waals surface area contributed by atoms with Crippen molar-refractivity contribution in [3.8, 4) is 0 Å². The summed E-state index contributed by atoms with van der Waals surface area (Å²) in [6.07, 6.45) is 1.26. The van der Waals surface area contributed by atoms with Crippen LogP contribution in [0.3, 0.4) is 0 Å². The number of amides is 2. The molecule has 0 bridgehead atoms. The van der Waals surface area contributed by atoms with Gasteiger partial charge in [0.05, 0.1) is 6.61 Å². The zero-order chi connectivity index (χ0) is 15.2. The molecule has 1 aliphatic heterocycles. The van der Waals surface area contributed by atoms with Gasteiger partial charge < -0.3 is 20.7 Å². The van der Waals surface area contributed by atoms with Gasteiger partial charge in [0.15, 0.2) is 0 Å². The zero-order valence-electron chi connectivity index (χ0n) is 12.1. The molecule has 2 unspecified atom stereocenters. The Bertz CT molecular complexity index is 478. The third kappa shape index (κ3) is 4.18. The first kappa shape index (κ1) is 15.8. The van der Waals surface area contributed by atoms with Crippen molar-refractivity contribution in [2.24, 2.45) is 5.73 Å². The van der Waals surface area contributed by atoms with Gasteiger partial charge in [0.25, 0.3) is 0 Å². The summed E-state index contributed by atoms with van der Waals surface area (Å²) in [5.74, 6) is -0.0900. The molecule has 2 atom stereocenters. The summed E-state index contributed by atoms with van der Waals surface area (Å²) in [5.41, 5.74) is 6.02. The summed E-state index contributed by atoms with van der Waals surface area (Å²) in [4.78, 5) is 26.5. The smallest absolute Gasteiger partial charge is 0.407 e. The molecule has 21 heavy (non-hydrogen) atoms. The Morgan fingerprint density at radius 2 is 2.43 bits per heavy atom. The van der Waals surface area contributed by atoms with Crippen molar-refractivity contribution in [3.63, 3.8) is 0 Å². The average Bonchev–Trinajstić information content (AvgIpc) is 3.00. The van der Waals surface area contributed by atoms with Crippen molar-refractivity contribution in [3.05, 3.63) is 22.4 Å². The molecule has 0 aliphatic carbocycles. The second kappa shape index (κ2) is 7.42. The van der Waals surface area contributed by atoms with Crippen molar-refractivity contribution >= 4 is 23.3 Å². The Hall–Kier alpha value is -1.60. The number of ether oxygens (including phenoxy) is 1. The highest BCUT2D eigenvalue weighted by molar-refractivity contribution is 7.10. The van der Waals surface area contributed by atoms with Crippen molar-refractivity contribution in [2.45, 2.75) is 31.8 Å². The fourth-order valence-electron chi connectivity index (χ4n) is 2.42. The number of carbonyl (C=O) groups is 2. The third-order valence-corrected chi connectivity index (χ3v) is 4.40. The quantitative estimate of drug-likeness (QED) is 0.882. The van der Waals surface area contributed by atoms with Crippen LogP contribution in [-0.2, 0) is 9.53 Å². The molecule has 1 saturated heterocycles. The Morgan fingerprint density at radius 3 is 3.10 bits per heavy atom. The van der Waals surface area contributed by atoms with E-state index in [2.05, 4.69) is 5.32 Å². The van der Waals surface area contributed by atoms with E-state index >= 15 is 0 Å². The van der Waals surface area contributed by atoms with E-state index in [0.717, 1.165) is 17.7 Å². The maximum absolute atomic E-state index is 12.4. The SMILES string of the molecule is CCOC(=O)NC1CCCN(C(=O)C(N)c2cccs2)C1. The molecular weight excluding hydrogens is 290 g/mol. The minimum Gasteiger partial charge on any atom is -0.450 e. The predicted molar refractivity (Wildman–Crippen MR) is 81.0 cm³/mol. The Morgan fingerprint density at radius 1 is 1.62 bits per heavy atom. The fraction of sp³-hybridized carbons (Fsp3) is 0.571. The molecule has 1 fully saturated rings. The number of hydrogen-bond acceptors (Lipinski definition) is 5. The van der Waals surface area contributed by atoms with Crippen LogP contribution in [0, 0.1) is 0 Å². The van der Waals surface area contributed by atoms with Gasteiger partial charge in [0.2, 0.25) is 5.91 Å². The Kier molecular flexibility index (Phi) is 5.58. The average molecular weight is 311 g/mol. The van der Waals surface area contributed by atoms with E-state index in [0.29, 0.717) is 19.7 Å². The van der Waals surface area contributed by atoms with Crippen LogP contribution >= 0.6 is 11.3 Å². The molecule has 116 valence electrons. The maximum atomic E-state index is 12.4. The number of nitrogens with two attached hydrogens (primary N) is 1. The lowest BCUT2D eigenvalue weighted by molar-refractivity contribution is -0.134. The topological polar surface area (TPSA) is 84.7 Å². The lowest BCUT2D eigenvalue weighted by Gasteiger charge is -2.34. The van der Waals surface area contributed by atoms with Crippen LogP contribution in [0.1, 0.15) is 30.7 Å². The van der Waals surface area contributed by atoms with Crippen molar-refractivity contribution in [2.75, 3.05) is 19.7 Å². The van der Waals surface area contributed by atoms with Gasteiger partial charge in [-0.05, 0) is 31.2 Å². The van der Waals surface area contributed by atoms with Gasteiger partial charge >= 0.3 is 6.09 Å². The van der Waals surface area contributed by atoms with E-state index in [9.17, 15) is 9.59 Å². The second-order valence-electron chi connectivity index (χ2n) is 4.98. The fourth-order valence-corrected chi connectivity index (χ4v) is 3.14. The van der Waals surface area contributed by atoms with Gasteiger partial charge in [0.1, 0.15) is 6.04 Å². The van der Waals surface area contributed by atoms with Crippen LogP contribution < -0.4 is 11.1 Å². The molecule has 6 nitrogen and oxygen atoms in total. The standard InChI is InChI=1S/C14H21N3O3S/c1-2-20-14(19)16-10-5-3-7-17(9-10)13(18)12(15)11-6-4-8-21-11/h4,6,8,10,12H,2-3,5,7,9,15H2,1H3,(H,16,19). The summed E-state index contributed by atoms with van der Waals surface area (Å²) < 4.78 is 4.87. The lowest BCUT2D eigenvalue weighted by atomic mass is 10.0. The number of piperidine rings is 1. The van der Waals surface area contributed by atoms with Gasteiger partial charge in [-0.3, -0.25) is 4.79 Å².